The highest BCUT2D eigenvalue weighted by atomic mass is 16.6. The molecule has 1 radical (unpaired) electrons. The van der Waals surface area contributed by atoms with E-state index < -0.39 is 11.6 Å². The number of hydrogen-bond donors (Lipinski definition) is 2. The molecule has 5 rings (SSSR count). The number of phenolic OH excluding ortho intramolecular Hbond substituents is 2. The summed E-state index contributed by atoms with van der Waals surface area (Å²) in [5.74, 6) is 0.345. The zero-order valence-electron chi connectivity index (χ0n) is 12.8. The molecule has 1 spiro atoms. The highest BCUT2D eigenvalue weighted by Crippen LogP contribution is 2.56. The molecular formula is C20H11O5. The molecule has 5 nitrogen and oxygen atoms in total. The molecule has 0 bridgehead atoms. The van der Waals surface area contributed by atoms with Gasteiger partial charge in [0.1, 0.15) is 23.0 Å². The van der Waals surface area contributed by atoms with Crippen LogP contribution in [0.15, 0.2) is 54.6 Å². The van der Waals surface area contributed by atoms with Crippen LogP contribution in [0.25, 0.3) is 0 Å². The summed E-state index contributed by atoms with van der Waals surface area (Å²) in [6, 6.07) is 17.4. The van der Waals surface area contributed by atoms with Crippen LogP contribution in [0.3, 0.4) is 0 Å². The molecule has 2 aliphatic rings. The molecular weight excluding hydrogens is 320 g/mol. The van der Waals surface area contributed by atoms with E-state index in [0.29, 0.717) is 33.8 Å². The molecule has 0 aromatic heterocycles. The number of esters is 1. The van der Waals surface area contributed by atoms with Gasteiger partial charge in [-0.15, -0.1) is 0 Å². The number of carbonyl (C=O) groups is 1. The highest BCUT2D eigenvalue weighted by molar-refractivity contribution is 5.97. The van der Waals surface area contributed by atoms with Gasteiger partial charge >= 0.3 is 5.97 Å². The van der Waals surface area contributed by atoms with Crippen molar-refractivity contribution in [2.45, 2.75) is 5.60 Å². The lowest BCUT2D eigenvalue weighted by Crippen LogP contribution is -2.32. The van der Waals surface area contributed by atoms with Gasteiger partial charge in [-0.2, -0.15) is 0 Å². The average Bonchev–Trinajstić information content (AvgIpc) is 2.88. The Bertz CT molecular complexity index is 1000. The molecule has 2 N–H and O–H groups in total. The standard InChI is InChI=1S/C20H11O5/c21-11-5-7-15-17(9-11)24-18-10-12(22)6-8-16(18)20(15)14-4-2-1-3-13(14)19(23)25-20/h1,3-10,21-22H. The largest absolute Gasteiger partial charge is 0.508 e. The summed E-state index contributed by atoms with van der Waals surface area (Å²) in [6.07, 6.45) is 0. The van der Waals surface area contributed by atoms with Crippen LogP contribution in [0, 0.1) is 6.07 Å². The van der Waals surface area contributed by atoms with E-state index in [-0.39, 0.29) is 11.5 Å². The topological polar surface area (TPSA) is 76.0 Å². The highest BCUT2D eigenvalue weighted by Gasteiger charge is 2.53. The lowest BCUT2D eigenvalue weighted by Gasteiger charge is -2.36. The number of hydrogen-bond acceptors (Lipinski definition) is 5. The van der Waals surface area contributed by atoms with Gasteiger partial charge in [0.2, 0.25) is 0 Å². The van der Waals surface area contributed by atoms with Crippen LogP contribution in [-0.2, 0) is 10.3 Å². The Kier molecular flexibility index (Phi) is 2.53. The second-order valence-electron chi connectivity index (χ2n) is 6.01. The fourth-order valence-electron chi connectivity index (χ4n) is 3.59. The predicted molar refractivity (Wildman–Crippen MR) is 86.9 cm³/mol. The van der Waals surface area contributed by atoms with Gasteiger partial charge in [-0.1, -0.05) is 6.07 Å². The minimum Gasteiger partial charge on any atom is -0.508 e. The Labute approximate surface area is 142 Å². The summed E-state index contributed by atoms with van der Waals surface area (Å²) in [7, 11) is 0. The van der Waals surface area contributed by atoms with Crippen molar-refractivity contribution in [1.82, 2.24) is 0 Å². The van der Waals surface area contributed by atoms with Gasteiger partial charge in [-0.3, -0.25) is 0 Å². The summed E-state index contributed by atoms with van der Waals surface area (Å²) in [5.41, 5.74) is 1.13. The van der Waals surface area contributed by atoms with Gasteiger partial charge in [0.05, 0.1) is 5.56 Å². The lowest BCUT2D eigenvalue weighted by molar-refractivity contribution is 0.0224. The Morgan fingerprint density at radius 2 is 1.52 bits per heavy atom. The average molecular weight is 331 g/mol. The molecule has 3 aromatic carbocycles. The van der Waals surface area contributed by atoms with E-state index in [4.69, 9.17) is 9.47 Å². The molecule has 0 unspecified atom stereocenters. The van der Waals surface area contributed by atoms with Gasteiger partial charge in [0, 0.05) is 28.8 Å². The van der Waals surface area contributed by atoms with E-state index in [1.54, 1.807) is 30.3 Å². The maximum atomic E-state index is 12.5. The number of fused-ring (bicyclic) bond motifs is 6. The molecule has 0 aliphatic carbocycles. The van der Waals surface area contributed by atoms with Gasteiger partial charge in [0.15, 0.2) is 5.60 Å². The molecule has 2 aliphatic heterocycles. The van der Waals surface area contributed by atoms with Crippen LogP contribution in [-0.4, -0.2) is 16.2 Å². The van der Waals surface area contributed by atoms with E-state index >= 15 is 0 Å². The first-order valence-electron chi connectivity index (χ1n) is 7.68. The molecule has 25 heavy (non-hydrogen) atoms. The smallest absolute Gasteiger partial charge is 0.340 e. The number of benzene rings is 3. The van der Waals surface area contributed by atoms with E-state index in [9.17, 15) is 15.0 Å². The SMILES string of the molecule is O=C1OC2(c3ccc(O)cc3Oc3cc(O)ccc32)c2c[c]ccc21. The Morgan fingerprint density at radius 1 is 0.880 bits per heavy atom. The van der Waals surface area contributed by atoms with Gasteiger partial charge in [-0.05, 0) is 42.5 Å². The van der Waals surface area contributed by atoms with Crippen LogP contribution in [0.5, 0.6) is 23.0 Å². The van der Waals surface area contributed by atoms with Crippen molar-refractivity contribution in [3.8, 4) is 23.0 Å². The Balaban J connectivity index is 1.91. The summed E-state index contributed by atoms with van der Waals surface area (Å²) in [5, 5.41) is 19.7. The van der Waals surface area contributed by atoms with Crippen molar-refractivity contribution < 1.29 is 24.5 Å². The van der Waals surface area contributed by atoms with Crippen LogP contribution in [0.4, 0.5) is 0 Å². The minimum absolute atomic E-state index is 0.0293. The van der Waals surface area contributed by atoms with E-state index in [1.165, 1.54) is 24.3 Å². The molecule has 0 atom stereocenters. The second kappa shape index (κ2) is 4.54. The lowest BCUT2D eigenvalue weighted by atomic mass is 9.77. The third kappa shape index (κ3) is 1.69. The third-order valence-electron chi connectivity index (χ3n) is 4.62. The van der Waals surface area contributed by atoms with Crippen molar-refractivity contribution in [3.63, 3.8) is 0 Å². The Hall–Kier alpha value is -3.47. The number of phenols is 2. The van der Waals surface area contributed by atoms with Crippen molar-refractivity contribution in [2.24, 2.45) is 0 Å². The van der Waals surface area contributed by atoms with Crippen LogP contribution < -0.4 is 4.74 Å². The van der Waals surface area contributed by atoms with Gasteiger partial charge in [0.25, 0.3) is 0 Å². The van der Waals surface area contributed by atoms with Crippen molar-refractivity contribution >= 4 is 5.97 Å². The number of aromatic hydroxyl groups is 2. The number of rotatable bonds is 0. The maximum absolute atomic E-state index is 12.5. The molecule has 0 saturated heterocycles. The van der Waals surface area contributed by atoms with Crippen LogP contribution in [0.2, 0.25) is 0 Å². The molecule has 0 fully saturated rings. The summed E-state index contributed by atoms with van der Waals surface area (Å²) in [4.78, 5) is 12.5. The summed E-state index contributed by atoms with van der Waals surface area (Å²) < 4.78 is 11.7. The predicted octanol–water partition coefficient (Wildman–Crippen LogP) is 3.47. The minimum atomic E-state index is -1.20. The van der Waals surface area contributed by atoms with Crippen molar-refractivity contribution in [2.75, 3.05) is 0 Å². The van der Waals surface area contributed by atoms with Crippen molar-refractivity contribution in [1.29, 1.82) is 0 Å². The first kappa shape index (κ1) is 13.9. The molecule has 121 valence electrons. The van der Waals surface area contributed by atoms with E-state index in [2.05, 4.69) is 6.07 Å². The van der Waals surface area contributed by atoms with Gasteiger partial charge < -0.3 is 19.7 Å². The molecule has 0 saturated carbocycles. The Morgan fingerprint density at radius 3 is 2.16 bits per heavy atom. The zero-order valence-corrected chi connectivity index (χ0v) is 12.8. The van der Waals surface area contributed by atoms with Crippen LogP contribution in [0.1, 0.15) is 27.0 Å². The monoisotopic (exact) mass is 331 g/mol. The second-order valence-corrected chi connectivity index (χ2v) is 6.01. The van der Waals surface area contributed by atoms with Crippen LogP contribution >= 0.6 is 0 Å². The molecule has 2 heterocycles. The fourth-order valence-corrected chi connectivity index (χ4v) is 3.59. The summed E-state index contributed by atoms with van der Waals surface area (Å²) in [6.45, 7) is 0. The third-order valence-corrected chi connectivity index (χ3v) is 4.62. The summed E-state index contributed by atoms with van der Waals surface area (Å²) >= 11 is 0. The normalized spacial score (nSPS) is 15.8. The van der Waals surface area contributed by atoms with Gasteiger partial charge in [-0.25, -0.2) is 4.79 Å². The quantitative estimate of drug-likeness (QED) is 0.617. The van der Waals surface area contributed by atoms with Crippen molar-refractivity contribution in [3.05, 3.63) is 82.9 Å². The zero-order chi connectivity index (χ0) is 17.2. The number of carbonyl (C=O) groups excluding carboxylic acids is 1. The number of ether oxygens (including phenoxy) is 2. The van der Waals surface area contributed by atoms with E-state index in [0.717, 1.165) is 0 Å². The fraction of sp³-hybridized carbons (Fsp3) is 0.0500. The molecule has 3 aromatic rings. The molecule has 0 amide bonds. The first-order chi connectivity index (χ1) is 12.1. The van der Waals surface area contributed by atoms with E-state index in [1.807, 2.05) is 0 Å². The molecule has 5 heteroatoms. The maximum Gasteiger partial charge on any atom is 0.340 e. The first-order valence-corrected chi connectivity index (χ1v) is 7.68.